The first kappa shape index (κ1) is 16.0. The SMILES string of the molecule is NC(=O)CN1CCC(Nc2cc(N3CCCCC3)ncn2)CC1. The Morgan fingerprint density at radius 3 is 2.61 bits per heavy atom. The lowest BCUT2D eigenvalue weighted by Crippen LogP contribution is -2.43. The summed E-state index contributed by atoms with van der Waals surface area (Å²) in [6.45, 7) is 4.32. The third kappa shape index (κ3) is 4.54. The van der Waals surface area contributed by atoms with Crippen molar-refractivity contribution in [3.05, 3.63) is 12.4 Å². The lowest BCUT2D eigenvalue weighted by atomic mass is 10.1. The first-order valence-corrected chi connectivity index (χ1v) is 8.55. The Balaban J connectivity index is 1.53. The summed E-state index contributed by atoms with van der Waals surface area (Å²) in [6, 6.07) is 2.45. The van der Waals surface area contributed by atoms with E-state index in [9.17, 15) is 4.79 Å². The van der Waals surface area contributed by atoms with Crippen LogP contribution >= 0.6 is 0 Å². The van der Waals surface area contributed by atoms with E-state index in [2.05, 4.69) is 31.2 Å². The Morgan fingerprint density at radius 1 is 1.17 bits per heavy atom. The fourth-order valence-corrected chi connectivity index (χ4v) is 3.39. The van der Waals surface area contributed by atoms with Crippen molar-refractivity contribution in [1.29, 1.82) is 0 Å². The molecule has 0 radical (unpaired) electrons. The molecule has 2 aliphatic rings. The van der Waals surface area contributed by atoms with Gasteiger partial charge in [0.15, 0.2) is 0 Å². The molecule has 0 aliphatic carbocycles. The lowest BCUT2D eigenvalue weighted by molar-refractivity contribution is -0.119. The van der Waals surface area contributed by atoms with Crippen LogP contribution in [0.3, 0.4) is 0 Å². The summed E-state index contributed by atoms with van der Waals surface area (Å²) in [5.41, 5.74) is 5.25. The van der Waals surface area contributed by atoms with Crippen molar-refractivity contribution in [2.45, 2.75) is 38.1 Å². The summed E-state index contributed by atoms with van der Waals surface area (Å²) in [7, 11) is 0. The van der Waals surface area contributed by atoms with Crippen molar-refractivity contribution in [2.24, 2.45) is 5.73 Å². The monoisotopic (exact) mass is 318 g/mol. The van der Waals surface area contributed by atoms with Crippen LogP contribution in [-0.2, 0) is 4.79 Å². The van der Waals surface area contributed by atoms with Crippen LogP contribution in [0, 0.1) is 0 Å². The molecule has 0 spiro atoms. The summed E-state index contributed by atoms with van der Waals surface area (Å²) >= 11 is 0. The quantitative estimate of drug-likeness (QED) is 0.836. The number of nitrogens with zero attached hydrogens (tertiary/aromatic N) is 4. The molecule has 7 nitrogen and oxygen atoms in total. The second-order valence-corrected chi connectivity index (χ2v) is 6.47. The normalized spacial score (nSPS) is 20.4. The number of hydrogen-bond acceptors (Lipinski definition) is 6. The highest BCUT2D eigenvalue weighted by Gasteiger charge is 2.21. The van der Waals surface area contributed by atoms with E-state index < -0.39 is 0 Å². The fourth-order valence-electron chi connectivity index (χ4n) is 3.39. The topological polar surface area (TPSA) is 87.4 Å². The van der Waals surface area contributed by atoms with Gasteiger partial charge in [-0.1, -0.05) is 0 Å². The Morgan fingerprint density at radius 2 is 1.91 bits per heavy atom. The zero-order chi connectivity index (χ0) is 16.1. The summed E-state index contributed by atoms with van der Waals surface area (Å²) < 4.78 is 0. The molecule has 0 saturated carbocycles. The number of nitrogens with two attached hydrogens (primary N) is 1. The molecule has 3 N–H and O–H groups in total. The van der Waals surface area contributed by atoms with Crippen molar-refractivity contribution in [1.82, 2.24) is 14.9 Å². The Bertz CT molecular complexity index is 523. The number of amides is 1. The van der Waals surface area contributed by atoms with Gasteiger partial charge >= 0.3 is 0 Å². The number of likely N-dealkylation sites (tertiary alicyclic amines) is 1. The molecular weight excluding hydrogens is 292 g/mol. The van der Waals surface area contributed by atoms with Crippen LogP contribution < -0.4 is 16.0 Å². The Hall–Kier alpha value is -1.89. The minimum absolute atomic E-state index is 0.251. The van der Waals surface area contributed by atoms with Gasteiger partial charge in [0.2, 0.25) is 5.91 Å². The number of aromatic nitrogens is 2. The molecule has 0 unspecified atom stereocenters. The van der Waals surface area contributed by atoms with Gasteiger partial charge in [0.1, 0.15) is 18.0 Å². The van der Waals surface area contributed by atoms with Crippen LogP contribution in [-0.4, -0.2) is 59.5 Å². The number of piperidine rings is 2. The molecule has 1 aromatic rings. The number of primary amides is 1. The van der Waals surface area contributed by atoms with Gasteiger partial charge in [-0.05, 0) is 32.1 Å². The smallest absolute Gasteiger partial charge is 0.231 e. The van der Waals surface area contributed by atoms with E-state index in [-0.39, 0.29) is 5.91 Å². The highest BCUT2D eigenvalue weighted by atomic mass is 16.1. The van der Waals surface area contributed by atoms with Crippen LogP contribution in [0.25, 0.3) is 0 Å². The molecule has 2 saturated heterocycles. The van der Waals surface area contributed by atoms with Gasteiger partial charge in [-0.3, -0.25) is 9.69 Å². The first-order chi connectivity index (χ1) is 11.2. The summed E-state index contributed by atoms with van der Waals surface area (Å²) in [4.78, 5) is 24.2. The van der Waals surface area contributed by atoms with Crippen LogP contribution in [0.5, 0.6) is 0 Å². The van der Waals surface area contributed by atoms with Gasteiger partial charge < -0.3 is 16.0 Å². The highest BCUT2D eigenvalue weighted by Crippen LogP contribution is 2.21. The molecule has 1 amide bonds. The van der Waals surface area contributed by atoms with Gasteiger partial charge in [-0.2, -0.15) is 0 Å². The largest absolute Gasteiger partial charge is 0.369 e. The number of hydrogen-bond donors (Lipinski definition) is 2. The van der Waals surface area contributed by atoms with Crippen molar-refractivity contribution < 1.29 is 4.79 Å². The van der Waals surface area contributed by atoms with E-state index >= 15 is 0 Å². The molecule has 0 bridgehead atoms. The van der Waals surface area contributed by atoms with Crippen LogP contribution in [0.2, 0.25) is 0 Å². The molecule has 0 atom stereocenters. The number of rotatable bonds is 5. The molecule has 23 heavy (non-hydrogen) atoms. The van der Waals surface area contributed by atoms with Gasteiger partial charge in [-0.25, -0.2) is 9.97 Å². The molecule has 0 aromatic carbocycles. The van der Waals surface area contributed by atoms with E-state index in [0.29, 0.717) is 12.6 Å². The van der Waals surface area contributed by atoms with Crippen LogP contribution in [0.15, 0.2) is 12.4 Å². The van der Waals surface area contributed by atoms with E-state index in [1.165, 1.54) is 19.3 Å². The van der Waals surface area contributed by atoms with Gasteiger partial charge in [-0.15, -0.1) is 0 Å². The average molecular weight is 318 g/mol. The average Bonchev–Trinajstić information content (AvgIpc) is 2.57. The van der Waals surface area contributed by atoms with E-state index in [4.69, 9.17) is 5.73 Å². The second-order valence-electron chi connectivity index (χ2n) is 6.47. The summed E-state index contributed by atoms with van der Waals surface area (Å²) in [5.74, 6) is 1.67. The summed E-state index contributed by atoms with van der Waals surface area (Å²) in [6.07, 6.45) is 7.44. The molecule has 2 fully saturated rings. The predicted octanol–water partition coefficient (Wildman–Crippen LogP) is 0.828. The predicted molar refractivity (Wildman–Crippen MR) is 90.4 cm³/mol. The van der Waals surface area contributed by atoms with Gasteiger partial charge in [0.25, 0.3) is 0 Å². The van der Waals surface area contributed by atoms with Crippen molar-refractivity contribution in [3.8, 4) is 0 Å². The lowest BCUT2D eigenvalue weighted by Gasteiger charge is -2.32. The zero-order valence-electron chi connectivity index (χ0n) is 13.6. The van der Waals surface area contributed by atoms with Crippen molar-refractivity contribution in [2.75, 3.05) is 42.9 Å². The Kier molecular flexibility index (Phi) is 5.27. The second kappa shape index (κ2) is 7.59. The molecular formula is C16H26N6O. The number of nitrogens with one attached hydrogen (secondary N) is 1. The maximum Gasteiger partial charge on any atom is 0.231 e. The third-order valence-corrected chi connectivity index (χ3v) is 4.65. The van der Waals surface area contributed by atoms with E-state index in [1.54, 1.807) is 6.33 Å². The zero-order valence-corrected chi connectivity index (χ0v) is 13.6. The maximum atomic E-state index is 11.0. The highest BCUT2D eigenvalue weighted by molar-refractivity contribution is 5.75. The summed E-state index contributed by atoms with van der Waals surface area (Å²) in [5, 5.41) is 3.51. The van der Waals surface area contributed by atoms with Gasteiger partial charge in [0.05, 0.1) is 6.54 Å². The molecule has 2 aliphatic heterocycles. The molecule has 3 rings (SSSR count). The third-order valence-electron chi connectivity index (χ3n) is 4.65. The molecule has 3 heterocycles. The van der Waals surface area contributed by atoms with E-state index in [1.807, 2.05) is 0 Å². The number of carbonyl (C=O) groups is 1. The first-order valence-electron chi connectivity index (χ1n) is 8.55. The Labute approximate surface area is 137 Å². The van der Waals surface area contributed by atoms with Crippen LogP contribution in [0.1, 0.15) is 32.1 Å². The minimum atomic E-state index is -0.251. The molecule has 7 heteroatoms. The fraction of sp³-hybridized carbons (Fsp3) is 0.688. The molecule has 1 aromatic heterocycles. The standard InChI is InChI=1S/C16H26N6O/c17-14(23)11-21-8-4-13(5-9-21)20-15-10-16(19-12-18-15)22-6-2-1-3-7-22/h10,12-13H,1-9,11H2,(H2,17,23)(H,18,19,20). The number of carbonyl (C=O) groups excluding carboxylic acids is 1. The maximum absolute atomic E-state index is 11.0. The van der Waals surface area contributed by atoms with Gasteiger partial charge in [0, 0.05) is 38.3 Å². The van der Waals surface area contributed by atoms with Crippen molar-refractivity contribution >= 4 is 17.5 Å². The van der Waals surface area contributed by atoms with E-state index in [0.717, 1.165) is 50.7 Å². The van der Waals surface area contributed by atoms with Crippen molar-refractivity contribution in [3.63, 3.8) is 0 Å². The van der Waals surface area contributed by atoms with Crippen LogP contribution in [0.4, 0.5) is 11.6 Å². The minimum Gasteiger partial charge on any atom is -0.369 e. The molecule has 126 valence electrons. The number of anilines is 2.